The lowest BCUT2D eigenvalue weighted by Crippen LogP contribution is -2.47. The molecule has 0 spiro atoms. The van der Waals surface area contributed by atoms with Gasteiger partial charge in [-0.1, -0.05) is 44.0 Å². The molecule has 1 heterocycles. The SMILES string of the molecule is CCC(CC)(CC)NC(=O)c1cc(Cl)ncc1Cl. The highest BCUT2D eigenvalue weighted by Gasteiger charge is 2.27. The van der Waals surface area contributed by atoms with Crippen LogP contribution in [0.2, 0.25) is 10.2 Å². The van der Waals surface area contributed by atoms with E-state index in [-0.39, 0.29) is 16.6 Å². The van der Waals surface area contributed by atoms with Gasteiger partial charge in [0.25, 0.3) is 5.91 Å². The minimum absolute atomic E-state index is 0.184. The van der Waals surface area contributed by atoms with Crippen molar-refractivity contribution in [1.29, 1.82) is 0 Å². The number of carbonyl (C=O) groups excluding carboxylic acids is 1. The molecule has 0 saturated carbocycles. The normalized spacial score (nSPS) is 11.4. The molecule has 0 unspecified atom stereocenters. The number of halogens is 2. The summed E-state index contributed by atoms with van der Waals surface area (Å²) in [6.07, 6.45) is 4.02. The van der Waals surface area contributed by atoms with E-state index in [4.69, 9.17) is 23.2 Å². The van der Waals surface area contributed by atoms with Crippen LogP contribution < -0.4 is 5.32 Å². The highest BCUT2D eigenvalue weighted by Crippen LogP contribution is 2.23. The molecular weight excluding hydrogens is 271 g/mol. The molecule has 0 atom stereocenters. The van der Waals surface area contributed by atoms with Crippen LogP contribution in [0.4, 0.5) is 0 Å². The zero-order valence-corrected chi connectivity index (χ0v) is 12.4. The first-order valence-corrected chi connectivity index (χ1v) is 6.87. The van der Waals surface area contributed by atoms with Crippen molar-refractivity contribution in [2.24, 2.45) is 0 Å². The van der Waals surface area contributed by atoms with E-state index < -0.39 is 0 Å². The molecule has 0 aliphatic heterocycles. The van der Waals surface area contributed by atoms with E-state index in [2.05, 4.69) is 31.1 Å². The van der Waals surface area contributed by atoms with E-state index in [0.29, 0.717) is 10.6 Å². The lowest BCUT2D eigenvalue weighted by atomic mass is 9.89. The van der Waals surface area contributed by atoms with Crippen molar-refractivity contribution >= 4 is 29.1 Å². The van der Waals surface area contributed by atoms with Crippen LogP contribution in [-0.2, 0) is 0 Å². The second-order valence-electron chi connectivity index (χ2n) is 4.28. The summed E-state index contributed by atoms with van der Waals surface area (Å²) in [6.45, 7) is 6.19. The molecule has 1 N–H and O–H groups in total. The third-order valence-electron chi connectivity index (χ3n) is 3.48. The molecule has 3 nitrogen and oxygen atoms in total. The Kier molecular flexibility index (Phi) is 5.42. The molecule has 1 amide bonds. The molecule has 5 heteroatoms. The van der Waals surface area contributed by atoms with E-state index in [0.717, 1.165) is 19.3 Å². The minimum atomic E-state index is -0.199. The van der Waals surface area contributed by atoms with Crippen LogP contribution in [-0.4, -0.2) is 16.4 Å². The fourth-order valence-electron chi connectivity index (χ4n) is 1.91. The number of hydrogen-bond donors (Lipinski definition) is 1. The summed E-state index contributed by atoms with van der Waals surface area (Å²) in [5, 5.41) is 3.63. The standard InChI is InChI=1S/C13H18Cl2N2O/c1-4-13(5-2,6-3)17-12(18)9-7-11(15)16-8-10(9)14/h7-8H,4-6H2,1-3H3,(H,17,18). The average molecular weight is 289 g/mol. The molecule has 0 aliphatic carbocycles. The largest absolute Gasteiger partial charge is 0.347 e. The smallest absolute Gasteiger partial charge is 0.253 e. The average Bonchev–Trinajstić information content (AvgIpc) is 2.38. The number of aromatic nitrogens is 1. The number of nitrogens with one attached hydrogen (secondary N) is 1. The monoisotopic (exact) mass is 288 g/mol. The summed E-state index contributed by atoms with van der Waals surface area (Å²) >= 11 is 11.8. The Morgan fingerprint density at radius 2 is 1.83 bits per heavy atom. The Labute approximate surface area is 118 Å². The lowest BCUT2D eigenvalue weighted by Gasteiger charge is -2.31. The van der Waals surface area contributed by atoms with Crippen molar-refractivity contribution in [3.05, 3.63) is 28.0 Å². The quantitative estimate of drug-likeness (QED) is 0.830. The Bertz CT molecular complexity index is 423. The fourth-order valence-corrected chi connectivity index (χ4v) is 2.26. The Balaban J connectivity index is 2.97. The predicted octanol–water partition coefficient (Wildman–Crippen LogP) is 4.09. The van der Waals surface area contributed by atoms with Gasteiger partial charge in [0.05, 0.1) is 10.6 Å². The van der Waals surface area contributed by atoms with Crippen LogP contribution in [0.15, 0.2) is 12.3 Å². The van der Waals surface area contributed by atoms with Gasteiger partial charge in [0.1, 0.15) is 5.15 Å². The number of amides is 1. The van der Waals surface area contributed by atoms with Crippen molar-refractivity contribution in [3.63, 3.8) is 0 Å². The Morgan fingerprint density at radius 1 is 1.28 bits per heavy atom. The first-order chi connectivity index (χ1) is 8.48. The second kappa shape index (κ2) is 6.39. The molecule has 0 radical (unpaired) electrons. The van der Waals surface area contributed by atoms with Crippen LogP contribution in [0.5, 0.6) is 0 Å². The Morgan fingerprint density at radius 3 is 2.33 bits per heavy atom. The summed E-state index contributed by atoms with van der Waals surface area (Å²) in [6, 6.07) is 1.49. The summed E-state index contributed by atoms with van der Waals surface area (Å²) in [7, 11) is 0. The van der Waals surface area contributed by atoms with Crippen molar-refractivity contribution in [3.8, 4) is 0 Å². The first kappa shape index (κ1) is 15.3. The molecule has 1 aromatic rings. The van der Waals surface area contributed by atoms with Crippen LogP contribution in [0.1, 0.15) is 50.4 Å². The summed E-state index contributed by atoms with van der Waals surface area (Å²) in [5.74, 6) is -0.199. The molecule has 1 rings (SSSR count). The maximum absolute atomic E-state index is 12.2. The van der Waals surface area contributed by atoms with Crippen molar-refractivity contribution < 1.29 is 4.79 Å². The minimum Gasteiger partial charge on any atom is -0.347 e. The van der Waals surface area contributed by atoms with Gasteiger partial charge in [-0.15, -0.1) is 0 Å². The highest BCUT2D eigenvalue weighted by molar-refractivity contribution is 6.35. The van der Waals surface area contributed by atoms with Gasteiger partial charge in [0, 0.05) is 11.7 Å². The van der Waals surface area contributed by atoms with E-state index in [9.17, 15) is 4.79 Å². The van der Waals surface area contributed by atoms with Gasteiger partial charge in [-0.3, -0.25) is 4.79 Å². The zero-order valence-electron chi connectivity index (χ0n) is 10.9. The number of rotatable bonds is 5. The molecule has 0 saturated heterocycles. The molecule has 0 aromatic carbocycles. The van der Waals surface area contributed by atoms with Gasteiger partial charge in [0.15, 0.2) is 0 Å². The maximum atomic E-state index is 12.2. The number of hydrogen-bond acceptors (Lipinski definition) is 2. The van der Waals surface area contributed by atoms with Crippen LogP contribution in [0.25, 0.3) is 0 Å². The zero-order chi connectivity index (χ0) is 13.8. The number of carbonyl (C=O) groups is 1. The molecule has 0 aliphatic rings. The molecular formula is C13H18Cl2N2O. The van der Waals surface area contributed by atoms with E-state index in [1.165, 1.54) is 12.3 Å². The molecule has 100 valence electrons. The molecule has 0 fully saturated rings. The van der Waals surface area contributed by atoms with Gasteiger partial charge in [0.2, 0.25) is 0 Å². The summed E-state index contributed by atoms with van der Waals surface area (Å²) in [4.78, 5) is 16.1. The summed E-state index contributed by atoms with van der Waals surface area (Å²) in [5.41, 5.74) is 0.187. The van der Waals surface area contributed by atoms with Crippen LogP contribution in [0.3, 0.4) is 0 Å². The van der Waals surface area contributed by atoms with E-state index >= 15 is 0 Å². The first-order valence-electron chi connectivity index (χ1n) is 6.11. The van der Waals surface area contributed by atoms with Crippen molar-refractivity contribution in [1.82, 2.24) is 10.3 Å². The molecule has 18 heavy (non-hydrogen) atoms. The predicted molar refractivity (Wildman–Crippen MR) is 75.3 cm³/mol. The lowest BCUT2D eigenvalue weighted by molar-refractivity contribution is 0.0888. The highest BCUT2D eigenvalue weighted by atomic mass is 35.5. The van der Waals surface area contributed by atoms with E-state index in [1.54, 1.807) is 0 Å². The fraction of sp³-hybridized carbons (Fsp3) is 0.538. The maximum Gasteiger partial charge on any atom is 0.253 e. The van der Waals surface area contributed by atoms with Gasteiger partial charge in [-0.05, 0) is 25.3 Å². The van der Waals surface area contributed by atoms with Gasteiger partial charge in [-0.2, -0.15) is 0 Å². The van der Waals surface area contributed by atoms with Gasteiger partial charge >= 0.3 is 0 Å². The Hall–Kier alpha value is -0.800. The van der Waals surface area contributed by atoms with E-state index in [1.807, 2.05) is 0 Å². The van der Waals surface area contributed by atoms with Gasteiger partial charge in [-0.25, -0.2) is 4.98 Å². The third-order valence-corrected chi connectivity index (χ3v) is 3.98. The molecule has 1 aromatic heterocycles. The number of pyridine rings is 1. The van der Waals surface area contributed by atoms with Crippen LogP contribution >= 0.6 is 23.2 Å². The molecule has 0 bridgehead atoms. The third kappa shape index (κ3) is 3.36. The number of nitrogens with zero attached hydrogens (tertiary/aromatic N) is 1. The van der Waals surface area contributed by atoms with Crippen molar-refractivity contribution in [2.45, 2.75) is 45.6 Å². The summed E-state index contributed by atoms with van der Waals surface area (Å²) < 4.78 is 0. The van der Waals surface area contributed by atoms with Gasteiger partial charge < -0.3 is 5.32 Å². The topological polar surface area (TPSA) is 42.0 Å². The van der Waals surface area contributed by atoms with Crippen LogP contribution in [0, 0.1) is 0 Å². The second-order valence-corrected chi connectivity index (χ2v) is 5.08. The van der Waals surface area contributed by atoms with Crippen molar-refractivity contribution in [2.75, 3.05) is 0 Å².